The number of ether oxygens (including phenoxy) is 1. The van der Waals surface area contributed by atoms with Gasteiger partial charge in [0.05, 0.1) is 18.8 Å². The number of aromatic nitrogens is 3. The Bertz CT molecular complexity index is 722. The zero-order valence-corrected chi connectivity index (χ0v) is 12.6. The van der Waals surface area contributed by atoms with Gasteiger partial charge in [0.2, 0.25) is 0 Å². The van der Waals surface area contributed by atoms with E-state index in [2.05, 4.69) is 10.3 Å². The second-order valence-electron chi connectivity index (χ2n) is 5.92. The lowest BCUT2D eigenvalue weighted by atomic mass is 10.1. The Morgan fingerprint density at radius 1 is 1.22 bits per heavy atom. The van der Waals surface area contributed by atoms with E-state index in [0.717, 1.165) is 37.2 Å². The van der Waals surface area contributed by atoms with Gasteiger partial charge in [-0.2, -0.15) is 0 Å². The van der Waals surface area contributed by atoms with Gasteiger partial charge < -0.3 is 9.64 Å². The molecule has 1 amide bonds. The molecule has 2 aliphatic heterocycles. The van der Waals surface area contributed by atoms with Crippen LogP contribution in [0.2, 0.25) is 0 Å². The maximum absolute atomic E-state index is 13.0. The average Bonchev–Trinajstić information content (AvgIpc) is 3.24. The first-order valence-corrected chi connectivity index (χ1v) is 7.81. The van der Waals surface area contributed by atoms with Crippen LogP contribution in [0.4, 0.5) is 4.39 Å². The normalized spacial score (nSPS) is 20.6. The summed E-state index contributed by atoms with van der Waals surface area (Å²) < 4.78 is 20.6. The second kappa shape index (κ2) is 5.73. The zero-order chi connectivity index (χ0) is 15.8. The molecule has 0 unspecified atom stereocenters. The van der Waals surface area contributed by atoms with Gasteiger partial charge in [0, 0.05) is 13.1 Å². The van der Waals surface area contributed by atoms with E-state index in [-0.39, 0.29) is 24.4 Å². The number of fused-ring (bicyclic) bond motifs is 1. The number of carbonyl (C=O) groups excluding carboxylic acids is 1. The van der Waals surface area contributed by atoms with Crippen molar-refractivity contribution in [3.05, 3.63) is 47.0 Å². The summed E-state index contributed by atoms with van der Waals surface area (Å²) in [5.74, 6) is -0.336. The molecular formula is C16H17FN4O2. The van der Waals surface area contributed by atoms with Crippen LogP contribution in [-0.4, -0.2) is 38.9 Å². The fraction of sp³-hybridized carbons (Fsp3) is 0.438. The number of likely N-dealkylation sites (tertiary alicyclic amines) is 1. The third-order valence-corrected chi connectivity index (χ3v) is 4.44. The highest BCUT2D eigenvalue weighted by Gasteiger charge is 2.30. The van der Waals surface area contributed by atoms with Crippen LogP contribution in [0.25, 0.3) is 0 Å². The molecule has 1 aromatic heterocycles. The number of rotatable bonds is 2. The standard InChI is InChI=1S/C16H17FN4O2/c17-12-5-3-11(4-6-12)14-9-21-13(10-23-14)15(18-19-21)16(22)20-7-1-2-8-20/h3-6,14H,1-2,7-10H2/t14-/m1/s1. The molecular weight excluding hydrogens is 299 g/mol. The fourth-order valence-corrected chi connectivity index (χ4v) is 3.13. The van der Waals surface area contributed by atoms with Crippen molar-refractivity contribution in [1.82, 2.24) is 19.9 Å². The van der Waals surface area contributed by atoms with Crippen molar-refractivity contribution < 1.29 is 13.9 Å². The SMILES string of the molecule is O=C(c1nnn2c1CO[C@@H](c1ccc(F)cc1)C2)N1CCCC1. The van der Waals surface area contributed by atoms with E-state index in [9.17, 15) is 9.18 Å². The third-order valence-electron chi connectivity index (χ3n) is 4.44. The largest absolute Gasteiger partial charge is 0.365 e. The number of benzene rings is 1. The Morgan fingerprint density at radius 2 is 1.96 bits per heavy atom. The molecule has 2 aliphatic rings. The summed E-state index contributed by atoms with van der Waals surface area (Å²) in [5, 5.41) is 8.17. The van der Waals surface area contributed by atoms with Crippen molar-refractivity contribution in [2.24, 2.45) is 0 Å². The number of nitrogens with zero attached hydrogens (tertiary/aromatic N) is 4. The Morgan fingerprint density at radius 3 is 2.70 bits per heavy atom. The van der Waals surface area contributed by atoms with E-state index in [1.807, 2.05) is 4.90 Å². The van der Waals surface area contributed by atoms with Gasteiger partial charge in [-0.25, -0.2) is 9.07 Å². The van der Waals surface area contributed by atoms with Gasteiger partial charge in [-0.3, -0.25) is 4.79 Å². The summed E-state index contributed by atoms with van der Waals surface area (Å²) >= 11 is 0. The molecule has 1 atom stereocenters. The first kappa shape index (κ1) is 14.3. The van der Waals surface area contributed by atoms with Crippen LogP contribution in [0.1, 0.15) is 40.7 Å². The zero-order valence-electron chi connectivity index (χ0n) is 12.6. The number of hydrogen-bond acceptors (Lipinski definition) is 4. The molecule has 3 heterocycles. The van der Waals surface area contributed by atoms with Crippen molar-refractivity contribution >= 4 is 5.91 Å². The molecule has 120 valence electrons. The molecule has 6 nitrogen and oxygen atoms in total. The van der Waals surface area contributed by atoms with Gasteiger partial charge in [0.1, 0.15) is 11.9 Å². The van der Waals surface area contributed by atoms with Crippen molar-refractivity contribution in [3.63, 3.8) is 0 Å². The molecule has 7 heteroatoms. The molecule has 0 radical (unpaired) electrons. The summed E-state index contributed by atoms with van der Waals surface area (Å²) in [7, 11) is 0. The van der Waals surface area contributed by atoms with Crippen LogP contribution in [0.15, 0.2) is 24.3 Å². The summed E-state index contributed by atoms with van der Waals surface area (Å²) in [6, 6.07) is 6.24. The van der Waals surface area contributed by atoms with Crippen molar-refractivity contribution in [3.8, 4) is 0 Å². The van der Waals surface area contributed by atoms with E-state index in [0.29, 0.717) is 12.2 Å². The van der Waals surface area contributed by atoms with Gasteiger partial charge in [0.15, 0.2) is 5.69 Å². The topological polar surface area (TPSA) is 60.3 Å². The number of hydrogen-bond donors (Lipinski definition) is 0. The molecule has 0 saturated carbocycles. The molecule has 0 aliphatic carbocycles. The average molecular weight is 316 g/mol. The Hall–Kier alpha value is -2.28. The van der Waals surface area contributed by atoms with Crippen molar-refractivity contribution in [2.75, 3.05) is 13.1 Å². The van der Waals surface area contributed by atoms with Crippen molar-refractivity contribution in [1.29, 1.82) is 0 Å². The van der Waals surface area contributed by atoms with Gasteiger partial charge in [0.25, 0.3) is 5.91 Å². The van der Waals surface area contributed by atoms with E-state index >= 15 is 0 Å². The lowest BCUT2D eigenvalue weighted by Crippen LogP contribution is -2.30. The molecule has 4 rings (SSSR count). The van der Waals surface area contributed by atoms with E-state index in [1.165, 1.54) is 12.1 Å². The van der Waals surface area contributed by atoms with Crippen LogP contribution in [0.5, 0.6) is 0 Å². The van der Waals surface area contributed by atoms with Crippen molar-refractivity contribution in [2.45, 2.75) is 32.1 Å². The van der Waals surface area contributed by atoms with Crippen LogP contribution < -0.4 is 0 Å². The molecule has 23 heavy (non-hydrogen) atoms. The monoisotopic (exact) mass is 316 g/mol. The fourth-order valence-electron chi connectivity index (χ4n) is 3.13. The highest BCUT2D eigenvalue weighted by Crippen LogP contribution is 2.27. The molecule has 0 bridgehead atoms. The smallest absolute Gasteiger partial charge is 0.276 e. The maximum Gasteiger partial charge on any atom is 0.276 e. The minimum Gasteiger partial charge on any atom is -0.365 e. The highest BCUT2D eigenvalue weighted by atomic mass is 19.1. The van der Waals surface area contributed by atoms with Crippen LogP contribution >= 0.6 is 0 Å². The van der Waals surface area contributed by atoms with Crippen LogP contribution in [0.3, 0.4) is 0 Å². The molecule has 2 aromatic rings. The molecule has 1 saturated heterocycles. The Balaban J connectivity index is 1.55. The Labute approximate surface area is 132 Å². The first-order chi connectivity index (χ1) is 11.2. The van der Waals surface area contributed by atoms with Gasteiger partial charge in [-0.15, -0.1) is 5.10 Å². The van der Waals surface area contributed by atoms with Gasteiger partial charge in [-0.05, 0) is 30.5 Å². The predicted octanol–water partition coefficient (Wildman–Crippen LogP) is 1.92. The predicted molar refractivity (Wildman–Crippen MR) is 79.1 cm³/mol. The number of amides is 1. The lowest BCUT2D eigenvalue weighted by molar-refractivity contribution is -0.00195. The first-order valence-electron chi connectivity index (χ1n) is 7.81. The molecule has 0 spiro atoms. The summed E-state index contributed by atoms with van der Waals surface area (Å²) in [4.78, 5) is 14.3. The summed E-state index contributed by atoms with van der Waals surface area (Å²) in [6.07, 6.45) is 1.87. The minimum atomic E-state index is -0.274. The van der Waals surface area contributed by atoms with E-state index in [4.69, 9.17) is 4.74 Å². The minimum absolute atomic E-state index is 0.0624. The summed E-state index contributed by atoms with van der Waals surface area (Å²) in [6.45, 7) is 2.32. The lowest BCUT2D eigenvalue weighted by Gasteiger charge is -2.24. The van der Waals surface area contributed by atoms with Gasteiger partial charge in [-0.1, -0.05) is 17.3 Å². The van der Waals surface area contributed by atoms with E-state index < -0.39 is 0 Å². The number of halogens is 1. The van der Waals surface area contributed by atoms with Gasteiger partial charge >= 0.3 is 0 Å². The second-order valence-corrected chi connectivity index (χ2v) is 5.92. The van der Waals surface area contributed by atoms with E-state index in [1.54, 1.807) is 16.8 Å². The number of carbonyl (C=O) groups is 1. The quantitative estimate of drug-likeness (QED) is 0.849. The maximum atomic E-state index is 13.0. The highest BCUT2D eigenvalue weighted by molar-refractivity contribution is 5.93. The summed E-state index contributed by atoms with van der Waals surface area (Å²) in [5.41, 5.74) is 2.00. The third kappa shape index (κ3) is 2.61. The molecule has 1 fully saturated rings. The van der Waals surface area contributed by atoms with Crippen LogP contribution in [-0.2, 0) is 17.9 Å². The molecule has 1 aromatic carbocycles. The molecule has 0 N–H and O–H groups in total. The Kier molecular flexibility index (Phi) is 3.57. The van der Waals surface area contributed by atoms with Crippen LogP contribution in [0, 0.1) is 5.82 Å².